The van der Waals surface area contributed by atoms with Crippen molar-refractivity contribution in [3.63, 3.8) is 0 Å². The number of sulfonamides is 1. The fourth-order valence-corrected chi connectivity index (χ4v) is 2.82. The first-order chi connectivity index (χ1) is 5.34. The summed E-state index contributed by atoms with van der Waals surface area (Å²) in [5.74, 6) is 0. The maximum Gasteiger partial charge on any atom is 0.211 e. The van der Waals surface area contributed by atoms with Crippen LogP contribution in [-0.4, -0.2) is 44.3 Å². The standard InChI is InChI=1S/C7H15NO3S/c1-7(2)6-11-5-4-8(7)12(3,9)10/h4-6H2,1-3H3. The van der Waals surface area contributed by atoms with Crippen molar-refractivity contribution in [2.75, 3.05) is 26.0 Å². The molecule has 1 saturated heterocycles. The molecule has 0 N–H and O–H groups in total. The van der Waals surface area contributed by atoms with Crippen LogP contribution in [0.3, 0.4) is 0 Å². The molecule has 0 aromatic carbocycles. The van der Waals surface area contributed by atoms with E-state index in [1.807, 2.05) is 13.8 Å². The second-order valence-electron chi connectivity index (χ2n) is 3.70. The molecular weight excluding hydrogens is 178 g/mol. The molecule has 5 heteroatoms. The summed E-state index contributed by atoms with van der Waals surface area (Å²) < 4.78 is 29.2. The summed E-state index contributed by atoms with van der Waals surface area (Å²) in [6, 6.07) is 0. The van der Waals surface area contributed by atoms with Gasteiger partial charge in [0, 0.05) is 6.54 Å². The number of morpholine rings is 1. The molecule has 0 aliphatic carbocycles. The van der Waals surface area contributed by atoms with Crippen LogP contribution < -0.4 is 0 Å². The molecule has 4 nitrogen and oxygen atoms in total. The molecular formula is C7H15NO3S. The molecule has 12 heavy (non-hydrogen) atoms. The van der Waals surface area contributed by atoms with Crippen LogP contribution in [0.25, 0.3) is 0 Å². The zero-order valence-electron chi connectivity index (χ0n) is 7.70. The van der Waals surface area contributed by atoms with Gasteiger partial charge in [-0.2, -0.15) is 4.31 Å². The topological polar surface area (TPSA) is 46.6 Å². The van der Waals surface area contributed by atoms with E-state index in [0.29, 0.717) is 19.8 Å². The van der Waals surface area contributed by atoms with Crippen LogP contribution in [0.1, 0.15) is 13.8 Å². The highest BCUT2D eigenvalue weighted by Gasteiger charge is 2.36. The number of hydrogen-bond donors (Lipinski definition) is 0. The van der Waals surface area contributed by atoms with Gasteiger partial charge in [-0.05, 0) is 13.8 Å². The zero-order chi connectivity index (χ0) is 9.41. The van der Waals surface area contributed by atoms with Crippen molar-refractivity contribution < 1.29 is 13.2 Å². The summed E-state index contributed by atoms with van der Waals surface area (Å²) in [7, 11) is -3.08. The van der Waals surface area contributed by atoms with Crippen molar-refractivity contribution >= 4 is 10.0 Å². The first-order valence-corrected chi connectivity index (χ1v) is 5.74. The number of nitrogens with zero attached hydrogens (tertiary/aromatic N) is 1. The quantitative estimate of drug-likeness (QED) is 0.591. The Morgan fingerprint density at radius 1 is 1.42 bits per heavy atom. The lowest BCUT2D eigenvalue weighted by Gasteiger charge is -2.39. The van der Waals surface area contributed by atoms with Gasteiger partial charge in [-0.3, -0.25) is 0 Å². The average molecular weight is 193 g/mol. The molecule has 0 atom stereocenters. The molecule has 1 aliphatic rings. The minimum absolute atomic E-state index is 0.397. The minimum atomic E-state index is -3.08. The molecule has 1 fully saturated rings. The van der Waals surface area contributed by atoms with E-state index in [-0.39, 0.29) is 0 Å². The highest BCUT2D eigenvalue weighted by Crippen LogP contribution is 2.21. The van der Waals surface area contributed by atoms with Gasteiger partial charge in [0.25, 0.3) is 0 Å². The summed E-state index contributed by atoms with van der Waals surface area (Å²) in [5.41, 5.74) is -0.397. The van der Waals surface area contributed by atoms with Crippen molar-refractivity contribution in [1.29, 1.82) is 0 Å². The average Bonchev–Trinajstić information content (AvgIpc) is 1.83. The summed E-state index contributed by atoms with van der Waals surface area (Å²) >= 11 is 0. The fourth-order valence-electron chi connectivity index (χ4n) is 1.46. The van der Waals surface area contributed by atoms with Crippen LogP contribution in [-0.2, 0) is 14.8 Å². The van der Waals surface area contributed by atoms with Crippen LogP contribution in [0.15, 0.2) is 0 Å². The monoisotopic (exact) mass is 193 g/mol. The molecule has 0 aromatic rings. The third kappa shape index (κ3) is 1.97. The van der Waals surface area contributed by atoms with Gasteiger partial charge < -0.3 is 4.74 Å². The van der Waals surface area contributed by atoms with Gasteiger partial charge in [0.05, 0.1) is 25.0 Å². The molecule has 1 rings (SSSR count). The Morgan fingerprint density at radius 2 is 2.00 bits per heavy atom. The van der Waals surface area contributed by atoms with Crippen molar-refractivity contribution in [1.82, 2.24) is 4.31 Å². The van der Waals surface area contributed by atoms with Crippen molar-refractivity contribution in [2.45, 2.75) is 19.4 Å². The summed E-state index contributed by atoms with van der Waals surface area (Å²) in [6.07, 6.45) is 1.24. The van der Waals surface area contributed by atoms with Crippen molar-refractivity contribution in [3.8, 4) is 0 Å². The molecule has 1 aliphatic heterocycles. The Labute approximate surface area is 73.6 Å². The predicted octanol–water partition coefficient (Wildman–Crippen LogP) is 0.0568. The van der Waals surface area contributed by atoms with Crippen LogP contribution >= 0.6 is 0 Å². The smallest absolute Gasteiger partial charge is 0.211 e. The van der Waals surface area contributed by atoms with Crippen LogP contribution in [0.5, 0.6) is 0 Å². The molecule has 0 radical (unpaired) electrons. The van der Waals surface area contributed by atoms with Crippen molar-refractivity contribution in [3.05, 3.63) is 0 Å². The first-order valence-electron chi connectivity index (χ1n) is 3.89. The maximum atomic E-state index is 11.3. The minimum Gasteiger partial charge on any atom is -0.378 e. The van der Waals surface area contributed by atoms with Gasteiger partial charge in [0.2, 0.25) is 10.0 Å². The second kappa shape index (κ2) is 2.97. The van der Waals surface area contributed by atoms with Gasteiger partial charge in [-0.25, -0.2) is 8.42 Å². The van der Waals surface area contributed by atoms with Gasteiger partial charge in [-0.1, -0.05) is 0 Å². The highest BCUT2D eigenvalue weighted by atomic mass is 32.2. The highest BCUT2D eigenvalue weighted by molar-refractivity contribution is 7.88. The van der Waals surface area contributed by atoms with E-state index in [9.17, 15) is 8.42 Å². The molecule has 0 aromatic heterocycles. The second-order valence-corrected chi connectivity index (χ2v) is 5.61. The molecule has 1 heterocycles. The van der Waals surface area contributed by atoms with Gasteiger partial charge >= 0.3 is 0 Å². The summed E-state index contributed by atoms with van der Waals surface area (Å²) in [4.78, 5) is 0. The summed E-state index contributed by atoms with van der Waals surface area (Å²) in [6.45, 7) is 5.17. The molecule has 0 bridgehead atoms. The SMILES string of the molecule is CC1(C)COCCN1S(C)(=O)=O. The van der Waals surface area contributed by atoms with Crippen molar-refractivity contribution in [2.24, 2.45) is 0 Å². The van der Waals surface area contributed by atoms with Gasteiger partial charge in [0.15, 0.2) is 0 Å². The van der Waals surface area contributed by atoms with E-state index >= 15 is 0 Å². The number of hydrogen-bond acceptors (Lipinski definition) is 3. The Kier molecular flexibility index (Phi) is 2.47. The lowest BCUT2D eigenvalue weighted by atomic mass is 10.1. The Balaban J connectivity index is 2.88. The largest absolute Gasteiger partial charge is 0.378 e. The van der Waals surface area contributed by atoms with Gasteiger partial charge in [-0.15, -0.1) is 0 Å². The zero-order valence-corrected chi connectivity index (χ0v) is 8.52. The van der Waals surface area contributed by atoms with E-state index in [1.165, 1.54) is 10.6 Å². The molecule has 0 spiro atoms. The van der Waals surface area contributed by atoms with E-state index in [1.54, 1.807) is 0 Å². The van der Waals surface area contributed by atoms with Gasteiger partial charge in [0.1, 0.15) is 0 Å². The van der Waals surface area contributed by atoms with E-state index in [2.05, 4.69) is 0 Å². The van der Waals surface area contributed by atoms with E-state index < -0.39 is 15.6 Å². The lowest BCUT2D eigenvalue weighted by Crippen LogP contribution is -2.54. The molecule has 72 valence electrons. The van der Waals surface area contributed by atoms with Crippen LogP contribution in [0.4, 0.5) is 0 Å². The van der Waals surface area contributed by atoms with Crippen LogP contribution in [0, 0.1) is 0 Å². The molecule has 0 saturated carbocycles. The fraction of sp³-hybridized carbons (Fsp3) is 1.00. The number of ether oxygens (including phenoxy) is 1. The van der Waals surface area contributed by atoms with Crippen LogP contribution in [0.2, 0.25) is 0 Å². The summed E-state index contributed by atoms with van der Waals surface area (Å²) in [5, 5.41) is 0. The lowest BCUT2D eigenvalue weighted by molar-refractivity contribution is -0.00735. The first kappa shape index (κ1) is 9.95. The molecule has 0 amide bonds. The third-order valence-electron chi connectivity index (χ3n) is 1.97. The predicted molar refractivity (Wildman–Crippen MR) is 46.4 cm³/mol. The Bertz CT molecular complexity index is 258. The maximum absolute atomic E-state index is 11.3. The Morgan fingerprint density at radius 3 is 2.33 bits per heavy atom. The normalized spacial score (nSPS) is 25.6. The molecule has 0 unspecified atom stereocenters. The number of rotatable bonds is 1. The van der Waals surface area contributed by atoms with E-state index in [0.717, 1.165) is 0 Å². The Hall–Kier alpha value is -0.130. The van der Waals surface area contributed by atoms with E-state index in [4.69, 9.17) is 4.74 Å². The third-order valence-corrected chi connectivity index (χ3v) is 3.45.